The zero-order chi connectivity index (χ0) is 15.2. The van der Waals surface area contributed by atoms with E-state index in [4.69, 9.17) is 0 Å². The second-order valence-electron chi connectivity index (χ2n) is 4.67. The third kappa shape index (κ3) is 4.75. The summed E-state index contributed by atoms with van der Waals surface area (Å²) in [6.07, 6.45) is 0.110. The maximum absolute atomic E-state index is 11.6. The number of aromatic nitrogens is 2. The molecule has 0 radical (unpaired) electrons. The Hall–Kier alpha value is -2.08. The van der Waals surface area contributed by atoms with E-state index in [1.54, 1.807) is 7.05 Å². The molecule has 0 fully saturated rings. The molecule has 5 nitrogen and oxygen atoms in total. The SMILES string of the molecule is CNC(=O)Cc1cc(=O)[nH]c(SCc2ccc(C)cc2)n1. The molecule has 6 heteroatoms. The predicted molar refractivity (Wildman–Crippen MR) is 83.4 cm³/mol. The molecule has 0 bridgehead atoms. The largest absolute Gasteiger partial charge is 0.359 e. The smallest absolute Gasteiger partial charge is 0.251 e. The molecule has 0 saturated carbocycles. The van der Waals surface area contributed by atoms with Crippen molar-refractivity contribution in [2.45, 2.75) is 24.3 Å². The van der Waals surface area contributed by atoms with Crippen LogP contribution in [-0.4, -0.2) is 22.9 Å². The number of rotatable bonds is 5. The van der Waals surface area contributed by atoms with Gasteiger partial charge in [-0.15, -0.1) is 0 Å². The highest BCUT2D eigenvalue weighted by molar-refractivity contribution is 7.98. The lowest BCUT2D eigenvalue weighted by Gasteiger charge is -2.04. The molecule has 1 aromatic heterocycles. The number of hydrogen-bond donors (Lipinski definition) is 2. The Labute approximate surface area is 127 Å². The number of benzene rings is 1. The van der Waals surface area contributed by atoms with E-state index in [-0.39, 0.29) is 17.9 Å². The summed E-state index contributed by atoms with van der Waals surface area (Å²) in [7, 11) is 1.56. The van der Waals surface area contributed by atoms with E-state index in [0.717, 1.165) is 5.56 Å². The van der Waals surface area contributed by atoms with E-state index in [1.807, 2.05) is 19.1 Å². The van der Waals surface area contributed by atoms with Gasteiger partial charge in [-0.3, -0.25) is 9.59 Å². The number of aryl methyl sites for hydroxylation is 1. The molecule has 0 aliphatic carbocycles. The monoisotopic (exact) mass is 303 g/mol. The number of amides is 1. The quantitative estimate of drug-likeness (QED) is 0.651. The Morgan fingerprint density at radius 2 is 2.05 bits per heavy atom. The van der Waals surface area contributed by atoms with Crippen LogP contribution in [0, 0.1) is 6.92 Å². The zero-order valence-electron chi connectivity index (χ0n) is 12.0. The molecule has 0 aliphatic heterocycles. The van der Waals surface area contributed by atoms with Gasteiger partial charge in [-0.1, -0.05) is 41.6 Å². The Morgan fingerprint density at radius 3 is 2.71 bits per heavy atom. The highest BCUT2D eigenvalue weighted by Gasteiger charge is 2.06. The zero-order valence-corrected chi connectivity index (χ0v) is 12.8. The van der Waals surface area contributed by atoms with Gasteiger partial charge in [-0.2, -0.15) is 0 Å². The first-order chi connectivity index (χ1) is 10.1. The first kappa shape index (κ1) is 15.3. The van der Waals surface area contributed by atoms with E-state index in [2.05, 4.69) is 27.4 Å². The normalized spacial score (nSPS) is 10.4. The van der Waals surface area contributed by atoms with E-state index < -0.39 is 0 Å². The van der Waals surface area contributed by atoms with Crippen molar-refractivity contribution in [2.75, 3.05) is 7.05 Å². The molecule has 0 unspecified atom stereocenters. The molecule has 2 N–H and O–H groups in total. The van der Waals surface area contributed by atoms with Crippen molar-refractivity contribution in [1.82, 2.24) is 15.3 Å². The van der Waals surface area contributed by atoms with Crippen LogP contribution in [0.15, 0.2) is 40.3 Å². The first-order valence-electron chi connectivity index (χ1n) is 6.56. The Kier molecular flexibility index (Phi) is 5.16. The number of aromatic amines is 1. The van der Waals surface area contributed by atoms with Gasteiger partial charge in [0.25, 0.3) is 5.56 Å². The number of hydrogen-bond acceptors (Lipinski definition) is 4. The Bertz CT molecular complexity index is 680. The van der Waals surface area contributed by atoms with E-state index in [0.29, 0.717) is 16.6 Å². The fourth-order valence-corrected chi connectivity index (χ4v) is 2.58. The summed E-state index contributed by atoms with van der Waals surface area (Å²) in [6.45, 7) is 2.04. The van der Waals surface area contributed by atoms with Gasteiger partial charge in [0.05, 0.1) is 12.1 Å². The number of carbonyl (C=O) groups is 1. The molecule has 1 aromatic carbocycles. The van der Waals surface area contributed by atoms with Crippen LogP contribution in [0.1, 0.15) is 16.8 Å². The molecular weight excluding hydrogens is 286 g/mol. The lowest BCUT2D eigenvalue weighted by molar-refractivity contribution is -0.120. The van der Waals surface area contributed by atoms with Crippen molar-refractivity contribution in [3.05, 3.63) is 57.5 Å². The van der Waals surface area contributed by atoms with Gasteiger partial charge < -0.3 is 10.3 Å². The molecule has 0 saturated heterocycles. The van der Waals surface area contributed by atoms with E-state index in [9.17, 15) is 9.59 Å². The second kappa shape index (κ2) is 7.08. The predicted octanol–water partition coefficient (Wildman–Crippen LogP) is 1.66. The van der Waals surface area contributed by atoms with Crippen molar-refractivity contribution in [1.29, 1.82) is 0 Å². The Balaban J connectivity index is 2.07. The minimum absolute atomic E-state index is 0.110. The highest BCUT2D eigenvalue weighted by atomic mass is 32.2. The third-order valence-electron chi connectivity index (χ3n) is 2.89. The molecule has 21 heavy (non-hydrogen) atoms. The Morgan fingerprint density at radius 1 is 1.33 bits per heavy atom. The summed E-state index contributed by atoms with van der Waals surface area (Å²) < 4.78 is 0. The molecule has 0 spiro atoms. The summed E-state index contributed by atoms with van der Waals surface area (Å²) in [6, 6.07) is 9.55. The maximum atomic E-state index is 11.6. The number of nitrogens with one attached hydrogen (secondary N) is 2. The lowest BCUT2D eigenvalue weighted by Crippen LogP contribution is -2.22. The molecule has 1 heterocycles. The molecule has 110 valence electrons. The van der Waals surface area contributed by atoms with Gasteiger partial charge >= 0.3 is 0 Å². The number of thioether (sulfide) groups is 1. The average molecular weight is 303 g/mol. The van der Waals surface area contributed by atoms with E-state index >= 15 is 0 Å². The highest BCUT2D eigenvalue weighted by Crippen LogP contribution is 2.18. The molecule has 2 rings (SSSR count). The lowest BCUT2D eigenvalue weighted by atomic mass is 10.2. The average Bonchev–Trinajstić information content (AvgIpc) is 2.46. The van der Waals surface area contributed by atoms with Crippen LogP contribution in [0.2, 0.25) is 0 Å². The van der Waals surface area contributed by atoms with Crippen molar-refractivity contribution in [2.24, 2.45) is 0 Å². The van der Waals surface area contributed by atoms with Crippen LogP contribution < -0.4 is 10.9 Å². The molecule has 1 amide bonds. The van der Waals surface area contributed by atoms with Crippen LogP contribution in [0.4, 0.5) is 0 Å². The summed E-state index contributed by atoms with van der Waals surface area (Å²) in [5, 5.41) is 3.05. The van der Waals surface area contributed by atoms with Crippen molar-refractivity contribution in [3.8, 4) is 0 Å². The number of H-pyrrole nitrogens is 1. The van der Waals surface area contributed by atoms with Gasteiger partial charge in [0.15, 0.2) is 5.16 Å². The van der Waals surface area contributed by atoms with Crippen LogP contribution in [0.5, 0.6) is 0 Å². The fraction of sp³-hybridized carbons (Fsp3) is 0.267. The standard InChI is InChI=1S/C15H17N3O2S/c1-10-3-5-11(6-4-10)9-21-15-17-12(7-13(19)16-2)8-14(20)18-15/h3-6,8H,7,9H2,1-2H3,(H,16,19)(H,17,18,20). The van der Waals surface area contributed by atoms with Gasteiger partial charge in [0.1, 0.15) is 0 Å². The van der Waals surface area contributed by atoms with Crippen LogP contribution in [-0.2, 0) is 17.0 Å². The first-order valence-corrected chi connectivity index (χ1v) is 7.54. The molecule has 0 atom stereocenters. The minimum atomic E-state index is -0.240. The molecule has 0 aliphatic rings. The summed E-state index contributed by atoms with van der Waals surface area (Å²) in [4.78, 5) is 29.9. The number of likely N-dealkylation sites (N-methyl/N-ethyl adjacent to an activating group) is 1. The van der Waals surface area contributed by atoms with Crippen molar-refractivity contribution >= 4 is 17.7 Å². The molecular formula is C15H17N3O2S. The van der Waals surface area contributed by atoms with E-state index in [1.165, 1.54) is 23.4 Å². The number of nitrogens with zero attached hydrogens (tertiary/aromatic N) is 1. The van der Waals surface area contributed by atoms with Crippen molar-refractivity contribution < 1.29 is 4.79 Å². The van der Waals surface area contributed by atoms with Crippen LogP contribution in [0.3, 0.4) is 0 Å². The molecule has 2 aromatic rings. The number of carbonyl (C=O) groups excluding carboxylic acids is 1. The minimum Gasteiger partial charge on any atom is -0.359 e. The van der Waals surface area contributed by atoms with Crippen LogP contribution in [0.25, 0.3) is 0 Å². The van der Waals surface area contributed by atoms with Gasteiger partial charge in [-0.05, 0) is 12.5 Å². The maximum Gasteiger partial charge on any atom is 0.251 e. The topological polar surface area (TPSA) is 74.8 Å². The fourth-order valence-electron chi connectivity index (χ4n) is 1.73. The van der Waals surface area contributed by atoms with Gasteiger partial charge in [-0.25, -0.2) is 4.98 Å². The van der Waals surface area contributed by atoms with Crippen LogP contribution >= 0.6 is 11.8 Å². The van der Waals surface area contributed by atoms with Crippen molar-refractivity contribution in [3.63, 3.8) is 0 Å². The van der Waals surface area contributed by atoms with Gasteiger partial charge in [0.2, 0.25) is 5.91 Å². The summed E-state index contributed by atoms with van der Waals surface area (Å²) >= 11 is 1.44. The van der Waals surface area contributed by atoms with Gasteiger partial charge in [0, 0.05) is 18.9 Å². The summed E-state index contributed by atoms with van der Waals surface area (Å²) in [5.74, 6) is 0.551. The summed E-state index contributed by atoms with van der Waals surface area (Å²) in [5.41, 5.74) is 2.60. The second-order valence-corrected chi connectivity index (χ2v) is 5.63. The third-order valence-corrected chi connectivity index (χ3v) is 3.83.